The number of hydrogen-bond donors (Lipinski definition) is 2. The molecule has 0 saturated heterocycles. The Balaban J connectivity index is 1.30. The summed E-state index contributed by atoms with van der Waals surface area (Å²) >= 11 is 0. The van der Waals surface area contributed by atoms with Crippen molar-refractivity contribution in [2.45, 2.75) is 6.42 Å². The third-order valence-corrected chi connectivity index (χ3v) is 4.23. The minimum Gasteiger partial charge on any atom is -0.483 e. The standard InChI is InChI=1S/C21H19N3O2/c25-21(14-26-19-11-5-7-15-6-1-2-8-16(15)19)22-13-12-20-23-17-9-3-4-10-18(17)24-20/h1-11H,12-14H2,(H,22,25)(H,23,24). The Hall–Kier alpha value is -3.34. The summed E-state index contributed by atoms with van der Waals surface area (Å²) in [5.41, 5.74) is 1.95. The van der Waals surface area contributed by atoms with Gasteiger partial charge in [-0.05, 0) is 23.6 Å². The highest BCUT2D eigenvalue weighted by molar-refractivity contribution is 5.88. The molecule has 0 aliphatic carbocycles. The molecule has 130 valence electrons. The van der Waals surface area contributed by atoms with Crippen molar-refractivity contribution in [3.05, 3.63) is 72.6 Å². The zero-order valence-corrected chi connectivity index (χ0v) is 14.2. The fraction of sp³-hybridized carbons (Fsp3) is 0.143. The van der Waals surface area contributed by atoms with Crippen molar-refractivity contribution in [3.63, 3.8) is 0 Å². The first-order chi connectivity index (χ1) is 12.8. The molecule has 4 aromatic rings. The van der Waals surface area contributed by atoms with Gasteiger partial charge in [0.1, 0.15) is 11.6 Å². The molecule has 1 aromatic heterocycles. The Morgan fingerprint density at radius 3 is 2.73 bits per heavy atom. The average Bonchev–Trinajstić information content (AvgIpc) is 3.09. The van der Waals surface area contributed by atoms with E-state index >= 15 is 0 Å². The molecular formula is C21H19N3O2. The largest absolute Gasteiger partial charge is 0.483 e. The van der Waals surface area contributed by atoms with Crippen LogP contribution in [0.2, 0.25) is 0 Å². The number of imidazole rings is 1. The number of benzene rings is 3. The highest BCUT2D eigenvalue weighted by Crippen LogP contribution is 2.24. The van der Waals surface area contributed by atoms with E-state index < -0.39 is 0 Å². The van der Waals surface area contributed by atoms with Crippen molar-refractivity contribution in [2.24, 2.45) is 0 Å². The van der Waals surface area contributed by atoms with Crippen molar-refractivity contribution in [2.75, 3.05) is 13.2 Å². The molecule has 0 radical (unpaired) electrons. The summed E-state index contributed by atoms with van der Waals surface area (Å²) in [6, 6.07) is 21.7. The fourth-order valence-electron chi connectivity index (χ4n) is 2.96. The maximum atomic E-state index is 12.0. The number of para-hydroxylation sites is 2. The van der Waals surface area contributed by atoms with Crippen LogP contribution in [0.4, 0.5) is 0 Å². The molecule has 0 aliphatic heterocycles. The number of H-pyrrole nitrogens is 1. The second-order valence-corrected chi connectivity index (χ2v) is 6.07. The van der Waals surface area contributed by atoms with Crippen LogP contribution >= 0.6 is 0 Å². The first kappa shape index (κ1) is 16.1. The number of hydrogen-bond acceptors (Lipinski definition) is 3. The molecule has 4 rings (SSSR count). The first-order valence-corrected chi connectivity index (χ1v) is 8.60. The van der Waals surface area contributed by atoms with E-state index in [1.54, 1.807) is 0 Å². The molecule has 0 spiro atoms. The third kappa shape index (κ3) is 3.52. The second kappa shape index (κ2) is 7.27. The van der Waals surface area contributed by atoms with E-state index in [1.807, 2.05) is 66.7 Å². The molecule has 3 aromatic carbocycles. The van der Waals surface area contributed by atoms with Gasteiger partial charge in [-0.25, -0.2) is 4.98 Å². The fourth-order valence-corrected chi connectivity index (χ4v) is 2.96. The number of amides is 1. The summed E-state index contributed by atoms with van der Waals surface area (Å²) in [7, 11) is 0. The molecule has 5 nitrogen and oxygen atoms in total. The van der Waals surface area contributed by atoms with Crippen molar-refractivity contribution in [1.82, 2.24) is 15.3 Å². The summed E-state index contributed by atoms with van der Waals surface area (Å²) in [4.78, 5) is 19.8. The van der Waals surface area contributed by atoms with Crippen LogP contribution < -0.4 is 10.1 Å². The van der Waals surface area contributed by atoms with Gasteiger partial charge in [-0.3, -0.25) is 4.79 Å². The number of aromatic nitrogens is 2. The summed E-state index contributed by atoms with van der Waals surface area (Å²) in [5.74, 6) is 1.44. The van der Waals surface area contributed by atoms with Crippen molar-refractivity contribution in [1.29, 1.82) is 0 Å². The van der Waals surface area contributed by atoms with Crippen LogP contribution in [0, 0.1) is 0 Å². The van der Waals surface area contributed by atoms with Crippen LogP contribution in [-0.4, -0.2) is 29.0 Å². The van der Waals surface area contributed by atoms with Crippen LogP contribution in [0.1, 0.15) is 5.82 Å². The zero-order chi connectivity index (χ0) is 17.8. The van der Waals surface area contributed by atoms with Gasteiger partial charge in [0.2, 0.25) is 0 Å². The molecule has 2 N–H and O–H groups in total. The molecule has 0 atom stereocenters. The molecule has 1 heterocycles. The Kier molecular flexibility index (Phi) is 4.51. The van der Waals surface area contributed by atoms with Gasteiger partial charge in [0.05, 0.1) is 11.0 Å². The normalized spacial score (nSPS) is 10.9. The predicted molar refractivity (Wildman–Crippen MR) is 102 cm³/mol. The lowest BCUT2D eigenvalue weighted by molar-refractivity contribution is -0.123. The van der Waals surface area contributed by atoms with Crippen LogP contribution in [0.3, 0.4) is 0 Å². The van der Waals surface area contributed by atoms with Gasteiger partial charge in [-0.2, -0.15) is 0 Å². The number of carbonyl (C=O) groups is 1. The molecule has 0 fully saturated rings. The minimum absolute atomic E-state index is 0.00582. The van der Waals surface area contributed by atoms with Gasteiger partial charge in [0, 0.05) is 18.4 Å². The van der Waals surface area contributed by atoms with E-state index in [-0.39, 0.29) is 12.5 Å². The number of rotatable bonds is 6. The zero-order valence-electron chi connectivity index (χ0n) is 14.2. The molecule has 0 bridgehead atoms. The SMILES string of the molecule is O=C(COc1cccc2ccccc12)NCCc1nc2ccccc2[nH]1. The summed E-state index contributed by atoms with van der Waals surface area (Å²) < 4.78 is 5.70. The topological polar surface area (TPSA) is 67.0 Å². The van der Waals surface area contributed by atoms with E-state index in [0.29, 0.717) is 13.0 Å². The van der Waals surface area contributed by atoms with Crippen LogP contribution in [0.25, 0.3) is 21.8 Å². The lowest BCUT2D eigenvalue weighted by Crippen LogP contribution is -2.30. The Bertz CT molecular complexity index is 1020. The predicted octanol–water partition coefficient (Wildman–Crippen LogP) is 3.45. The number of nitrogens with one attached hydrogen (secondary N) is 2. The molecule has 0 aliphatic rings. The molecule has 0 saturated carbocycles. The molecule has 1 amide bonds. The Morgan fingerprint density at radius 1 is 1.00 bits per heavy atom. The monoisotopic (exact) mass is 345 g/mol. The van der Waals surface area contributed by atoms with Crippen molar-refractivity contribution < 1.29 is 9.53 Å². The van der Waals surface area contributed by atoms with Gasteiger partial charge in [-0.15, -0.1) is 0 Å². The van der Waals surface area contributed by atoms with E-state index in [1.165, 1.54) is 0 Å². The van der Waals surface area contributed by atoms with E-state index in [9.17, 15) is 4.79 Å². The number of nitrogens with zero attached hydrogens (tertiary/aromatic N) is 1. The van der Waals surface area contributed by atoms with Crippen LogP contribution in [0.5, 0.6) is 5.75 Å². The van der Waals surface area contributed by atoms with E-state index in [4.69, 9.17) is 4.74 Å². The first-order valence-electron chi connectivity index (χ1n) is 8.60. The minimum atomic E-state index is -0.144. The maximum Gasteiger partial charge on any atom is 0.257 e. The lowest BCUT2D eigenvalue weighted by Gasteiger charge is -2.09. The molecular weight excluding hydrogens is 326 g/mol. The smallest absolute Gasteiger partial charge is 0.257 e. The second-order valence-electron chi connectivity index (χ2n) is 6.07. The number of aromatic amines is 1. The van der Waals surface area contributed by atoms with Crippen molar-refractivity contribution in [3.8, 4) is 5.75 Å². The summed E-state index contributed by atoms with van der Waals surface area (Å²) in [6.07, 6.45) is 0.648. The molecule has 26 heavy (non-hydrogen) atoms. The average molecular weight is 345 g/mol. The highest BCUT2D eigenvalue weighted by Gasteiger charge is 2.07. The van der Waals surface area contributed by atoms with Gasteiger partial charge in [0.25, 0.3) is 5.91 Å². The third-order valence-electron chi connectivity index (χ3n) is 4.23. The van der Waals surface area contributed by atoms with Gasteiger partial charge < -0.3 is 15.0 Å². The molecule has 5 heteroatoms. The quantitative estimate of drug-likeness (QED) is 0.562. The van der Waals surface area contributed by atoms with Gasteiger partial charge >= 0.3 is 0 Å². The Morgan fingerprint density at radius 2 is 1.81 bits per heavy atom. The summed E-state index contributed by atoms with van der Waals surface area (Å²) in [5, 5.41) is 4.97. The van der Waals surface area contributed by atoms with Gasteiger partial charge in [-0.1, -0.05) is 48.5 Å². The molecule has 0 unspecified atom stereocenters. The number of fused-ring (bicyclic) bond motifs is 2. The lowest BCUT2D eigenvalue weighted by atomic mass is 10.1. The summed E-state index contributed by atoms with van der Waals surface area (Å²) in [6.45, 7) is 0.506. The Labute approximate surface area is 151 Å². The van der Waals surface area contributed by atoms with Crippen LogP contribution in [-0.2, 0) is 11.2 Å². The highest BCUT2D eigenvalue weighted by atomic mass is 16.5. The van der Waals surface area contributed by atoms with Crippen molar-refractivity contribution >= 4 is 27.7 Å². The number of ether oxygens (including phenoxy) is 1. The van der Waals surface area contributed by atoms with E-state index in [0.717, 1.165) is 33.4 Å². The maximum absolute atomic E-state index is 12.0. The number of carbonyl (C=O) groups excluding carboxylic acids is 1. The van der Waals surface area contributed by atoms with Crippen LogP contribution in [0.15, 0.2) is 66.7 Å². The van der Waals surface area contributed by atoms with E-state index in [2.05, 4.69) is 15.3 Å². The van der Waals surface area contributed by atoms with Gasteiger partial charge in [0.15, 0.2) is 6.61 Å².